The van der Waals surface area contributed by atoms with Gasteiger partial charge in [-0.2, -0.15) is 0 Å². The maximum Gasteiger partial charge on any atom is 0.126 e. The van der Waals surface area contributed by atoms with Crippen LogP contribution in [0.4, 0.5) is 4.39 Å². The Hall–Kier alpha value is -1.17. The van der Waals surface area contributed by atoms with Crippen molar-refractivity contribution in [3.8, 4) is 0 Å². The van der Waals surface area contributed by atoms with E-state index in [1.807, 2.05) is 0 Å². The van der Waals surface area contributed by atoms with Crippen molar-refractivity contribution in [2.75, 3.05) is 0 Å². The molecule has 2 atom stereocenters. The average Bonchev–Trinajstić information content (AvgIpc) is 1.84. The minimum atomic E-state index is -2.16. The summed E-state index contributed by atoms with van der Waals surface area (Å²) in [6.45, 7) is 0. The van der Waals surface area contributed by atoms with Gasteiger partial charge in [-0.15, -0.1) is 0 Å². The van der Waals surface area contributed by atoms with Crippen LogP contribution in [0.5, 0.6) is 0 Å². The van der Waals surface area contributed by atoms with Gasteiger partial charge in [-0.3, -0.25) is 0 Å². The van der Waals surface area contributed by atoms with Gasteiger partial charge in [0.1, 0.15) is 6.17 Å². The third-order valence-corrected chi connectivity index (χ3v) is 1.02. The Kier molecular flexibility index (Phi) is 3.46. The summed E-state index contributed by atoms with van der Waals surface area (Å²) in [6, 6.07) is -1.91. The third kappa shape index (κ3) is 3.51. The summed E-state index contributed by atoms with van der Waals surface area (Å²) in [5, 5.41) is 19.5. The van der Waals surface area contributed by atoms with Crippen molar-refractivity contribution in [2.24, 2.45) is 5.73 Å². The molecule has 64 valence electrons. The lowest BCUT2D eigenvalue weighted by Crippen LogP contribution is -2.49. The van der Waals surface area contributed by atoms with Crippen molar-refractivity contribution in [1.82, 2.24) is 0 Å². The molecule has 0 aromatic rings. The first-order chi connectivity index (χ1) is 4.95. The largest absolute Gasteiger partial charge is 0.550 e. The number of hydrogen-bond acceptors (Lipinski definition) is 5. The van der Waals surface area contributed by atoms with Gasteiger partial charge in [0.25, 0.3) is 0 Å². The topological polar surface area (TPSA) is 106 Å². The highest BCUT2D eigenvalue weighted by Gasteiger charge is 2.17. The Bertz CT molecular complexity index is 172. The summed E-state index contributed by atoms with van der Waals surface area (Å²) in [6.07, 6.45) is -3.19. The van der Waals surface area contributed by atoms with Crippen LogP contribution in [-0.2, 0) is 9.59 Å². The van der Waals surface area contributed by atoms with Gasteiger partial charge >= 0.3 is 0 Å². The van der Waals surface area contributed by atoms with Crippen molar-refractivity contribution >= 4 is 11.9 Å². The third-order valence-electron chi connectivity index (χ3n) is 1.02. The van der Waals surface area contributed by atoms with Gasteiger partial charge in [0, 0.05) is 12.4 Å². The lowest BCUT2D eigenvalue weighted by Gasteiger charge is -2.17. The Labute approximate surface area is 61.6 Å². The maximum absolute atomic E-state index is 12.3. The van der Waals surface area contributed by atoms with Crippen LogP contribution in [0, 0.1) is 0 Å². The van der Waals surface area contributed by atoms with Crippen LogP contribution in [-0.4, -0.2) is 24.2 Å². The van der Waals surface area contributed by atoms with E-state index in [2.05, 4.69) is 5.73 Å². The van der Waals surface area contributed by atoms with Gasteiger partial charge in [-0.05, 0) is 0 Å². The molecule has 0 spiro atoms. The zero-order chi connectivity index (χ0) is 9.02. The van der Waals surface area contributed by atoms with E-state index < -0.39 is 30.6 Å². The number of carboxylic acids is 2. The van der Waals surface area contributed by atoms with E-state index in [9.17, 15) is 24.2 Å². The normalized spacial score (nSPS) is 15.5. The van der Waals surface area contributed by atoms with Crippen LogP contribution >= 0.6 is 0 Å². The first-order valence-electron chi connectivity index (χ1n) is 2.75. The number of aliphatic carboxylic acids is 2. The highest BCUT2D eigenvalue weighted by molar-refractivity contribution is 5.73. The smallest absolute Gasteiger partial charge is 0.126 e. The fourth-order valence-electron chi connectivity index (χ4n) is 0.434. The van der Waals surface area contributed by atoms with Crippen LogP contribution < -0.4 is 15.9 Å². The highest BCUT2D eigenvalue weighted by Crippen LogP contribution is 2.00. The molecule has 0 heterocycles. The average molecular weight is 163 g/mol. The molecule has 0 aromatic carbocycles. The molecule has 11 heavy (non-hydrogen) atoms. The van der Waals surface area contributed by atoms with Gasteiger partial charge in [-0.1, -0.05) is 0 Å². The predicted octanol–water partition coefficient (Wildman–Crippen LogP) is -3.46. The van der Waals surface area contributed by atoms with Crippen molar-refractivity contribution in [3.63, 3.8) is 0 Å². The zero-order valence-electron chi connectivity index (χ0n) is 5.45. The van der Waals surface area contributed by atoms with Gasteiger partial charge in [0.2, 0.25) is 0 Å². The minimum absolute atomic E-state index is 1.03. The fraction of sp³-hybridized carbons (Fsp3) is 0.600. The van der Waals surface area contributed by atoms with Crippen molar-refractivity contribution in [1.29, 1.82) is 0 Å². The van der Waals surface area contributed by atoms with E-state index in [0.29, 0.717) is 0 Å². The summed E-state index contributed by atoms with van der Waals surface area (Å²) in [7, 11) is 0. The molecule has 2 N–H and O–H groups in total. The number of carbonyl (C=O) groups is 2. The molecule has 0 bridgehead atoms. The number of halogens is 1. The molecule has 0 fully saturated rings. The van der Waals surface area contributed by atoms with Crippen molar-refractivity contribution in [2.45, 2.75) is 18.6 Å². The molecule has 6 heteroatoms. The summed E-state index contributed by atoms with van der Waals surface area (Å²) < 4.78 is 12.3. The van der Waals surface area contributed by atoms with E-state index in [-0.39, 0.29) is 0 Å². The number of carbonyl (C=O) groups excluding carboxylic acids is 2. The van der Waals surface area contributed by atoms with Gasteiger partial charge < -0.3 is 25.5 Å². The molecule has 0 saturated carbocycles. The van der Waals surface area contributed by atoms with Crippen molar-refractivity contribution < 1.29 is 24.2 Å². The van der Waals surface area contributed by atoms with Gasteiger partial charge in [0.05, 0.1) is 12.0 Å². The van der Waals surface area contributed by atoms with E-state index in [4.69, 9.17) is 0 Å². The summed E-state index contributed by atoms with van der Waals surface area (Å²) in [5.41, 5.74) is 4.68. The lowest BCUT2D eigenvalue weighted by molar-refractivity contribution is -0.311. The monoisotopic (exact) mass is 163 g/mol. The van der Waals surface area contributed by atoms with Gasteiger partial charge in [0.15, 0.2) is 0 Å². The number of alkyl halides is 1. The van der Waals surface area contributed by atoms with Crippen LogP contribution in [0.2, 0.25) is 0 Å². The molecular formula is C5H6FNO4-2. The number of carboxylic acid groups (broad SMARTS) is 2. The van der Waals surface area contributed by atoms with E-state index >= 15 is 0 Å². The van der Waals surface area contributed by atoms with Crippen LogP contribution in [0.1, 0.15) is 6.42 Å². The second-order valence-electron chi connectivity index (χ2n) is 1.94. The Morgan fingerprint density at radius 2 is 1.91 bits per heavy atom. The summed E-state index contributed by atoms with van der Waals surface area (Å²) in [4.78, 5) is 19.5. The molecule has 2 unspecified atom stereocenters. The molecule has 5 nitrogen and oxygen atoms in total. The highest BCUT2D eigenvalue weighted by atomic mass is 19.1. The molecule has 0 aliphatic rings. The standard InChI is InChI=1S/C5H8FNO4/c6-2(1-3(8)9)4(7)5(10)11/h2,4H,1,7H2,(H,8,9)(H,10,11)/p-2. The first kappa shape index (κ1) is 9.83. The number of hydrogen-bond donors (Lipinski definition) is 1. The minimum Gasteiger partial charge on any atom is -0.550 e. The molecular weight excluding hydrogens is 157 g/mol. The van der Waals surface area contributed by atoms with E-state index in [1.165, 1.54) is 0 Å². The summed E-state index contributed by atoms with van der Waals surface area (Å²) in [5.74, 6) is -3.51. The van der Waals surface area contributed by atoms with Crippen molar-refractivity contribution in [3.05, 3.63) is 0 Å². The Balaban J connectivity index is 3.92. The molecule has 0 aliphatic carbocycles. The van der Waals surface area contributed by atoms with Gasteiger partial charge in [-0.25, -0.2) is 4.39 Å². The van der Waals surface area contributed by atoms with E-state index in [0.717, 1.165) is 0 Å². The fourth-order valence-corrected chi connectivity index (χ4v) is 0.434. The molecule has 0 rings (SSSR count). The molecule has 0 aliphatic heterocycles. The molecule has 0 aromatic heterocycles. The molecule has 0 radical (unpaired) electrons. The predicted molar refractivity (Wildman–Crippen MR) is 27.5 cm³/mol. The Morgan fingerprint density at radius 1 is 1.45 bits per heavy atom. The van der Waals surface area contributed by atoms with Crippen LogP contribution in [0.15, 0.2) is 0 Å². The van der Waals surface area contributed by atoms with E-state index in [1.54, 1.807) is 0 Å². The number of nitrogens with two attached hydrogens (primary N) is 1. The molecule has 0 saturated heterocycles. The first-order valence-corrected chi connectivity index (χ1v) is 2.75. The second-order valence-corrected chi connectivity index (χ2v) is 1.94. The second kappa shape index (κ2) is 3.87. The summed E-state index contributed by atoms with van der Waals surface area (Å²) >= 11 is 0. The van der Waals surface area contributed by atoms with Crippen LogP contribution in [0.25, 0.3) is 0 Å². The maximum atomic E-state index is 12.3. The molecule has 0 amide bonds. The lowest BCUT2D eigenvalue weighted by atomic mass is 10.1. The number of rotatable bonds is 4. The quantitative estimate of drug-likeness (QED) is 0.463. The SMILES string of the molecule is NC(C(=O)[O-])C(F)CC(=O)[O-]. The van der Waals surface area contributed by atoms with Crippen LogP contribution in [0.3, 0.4) is 0 Å². The Morgan fingerprint density at radius 3 is 2.18 bits per heavy atom. The zero-order valence-corrected chi connectivity index (χ0v) is 5.45.